The van der Waals surface area contributed by atoms with Gasteiger partial charge in [0.05, 0.1) is 19.2 Å². The summed E-state index contributed by atoms with van der Waals surface area (Å²) in [5.74, 6) is -0.150. The Morgan fingerprint density at radius 1 is 0.812 bits per heavy atom. The van der Waals surface area contributed by atoms with E-state index in [1.807, 2.05) is 69.3 Å². The summed E-state index contributed by atoms with van der Waals surface area (Å²) in [5, 5.41) is 3.24. The van der Waals surface area contributed by atoms with Crippen LogP contribution in [0.4, 0.5) is 5.69 Å². The second-order valence-corrected chi connectivity index (χ2v) is 8.13. The van der Waals surface area contributed by atoms with E-state index in [0.717, 1.165) is 27.9 Å². The highest BCUT2D eigenvalue weighted by molar-refractivity contribution is 6.36. The molecule has 5 nitrogen and oxygen atoms in total. The molecule has 3 aromatic carbocycles. The average Bonchev–Trinajstić information content (AvgIpc) is 2.98. The molecular weight excluding hydrogens is 400 g/mol. The molecule has 1 N–H and O–H groups in total. The van der Waals surface area contributed by atoms with Crippen LogP contribution in [0.1, 0.15) is 27.8 Å². The Labute approximate surface area is 188 Å². The van der Waals surface area contributed by atoms with Gasteiger partial charge in [0, 0.05) is 11.3 Å². The summed E-state index contributed by atoms with van der Waals surface area (Å²) in [6, 6.07) is 21.1. The van der Waals surface area contributed by atoms with E-state index in [1.165, 1.54) is 4.90 Å². The molecular formula is C27H26N2O3. The van der Waals surface area contributed by atoms with Crippen LogP contribution < -0.4 is 10.1 Å². The summed E-state index contributed by atoms with van der Waals surface area (Å²) in [6.07, 6.45) is 0. The molecule has 0 aliphatic carbocycles. The molecule has 4 rings (SSSR count). The Kier molecular flexibility index (Phi) is 5.82. The Morgan fingerprint density at radius 2 is 1.47 bits per heavy atom. The predicted molar refractivity (Wildman–Crippen MR) is 126 cm³/mol. The number of amides is 2. The zero-order chi connectivity index (χ0) is 22.8. The Hall–Kier alpha value is -3.86. The first-order valence-corrected chi connectivity index (χ1v) is 10.5. The second-order valence-electron chi connectivity index (χ2n) is 8.13. The van der Waals surface area contributed by atoms with Crippen molar-refractivity contribution in [1.82, 2.24) is 4.90 Å². The molecule has 5 heteroatoms. The van der Waals surface area contributed by atoms with Gasteiger partial charge in [0.15, 0.2) is 0 Å². The molecule has 0 saturated carbocycles. The van der Waals surface area contributed by atoms with Crippen molar-refractivity contribution in [2.45, 2.75) is 27.3 Å². The van der Waals surface area contributed by atoms with E-state index in [1.54, 1.807) is 19.2 Å². The van der Waals surface area contributed by atoms with Crippen molar-refractivity contribution in [3.05, 3.63) is 100 Å². The summed E-state index contributed by atoms with van der Waals surface area (Å²) in [5.41, 5.74) is 6.09. The number of ether oxygens (including phenoxy) is 1. The maximum atomic E-state index is 13.5. The van der Waals surface area contributed by atoms with Crippen LogP contribution >= 0.6 is 0 Å². The molecule has 0 aromatic heterocycles. The van der Waals surface area contributed by atoms with E-state index in [4.69, 9.17) is 4.74 Å². The lowest BCUT2D eigenvalue weighted by atomic mass is 10.0. The summed E-state index contributed by atoms with van der Waals surface area (Å²) in [4.78, 5) is 28.3. The fourth-order valence-corrected chi connectivity index (χ4v) is 4.00. The van der Waals surface area contributed by atoms with Gasteiger partial charge >= 0.3 is 0 Å². The minimum Gasteiger partial charge on any atom is -0.496 e. The smallest absolute Gasteiger partial charge is 0.278 e. The topological polar surface area (TPSA) is 58.6 Å². The molecule has 3 aromatic rings. The molecule has 2 amide bonds. The highest BCUT2D eigenvalue weighted by Gasteiger charge is 2.40. The van der Waals surface area contributed by atoms with E-state index in [9.17, 15) is 9.59 Å². The highest BCUT2D eigenvalue weighted by Crippen LogP contribution is 2.36. The molecule has 0 spiro atoms. The molecule has 0 unspecified atom stereocenters. The van der Waals surface area contributed by atoms with Gasteiger partial charge < -0.3 is 10.1 Å². The van der Waals surface area contributed by atoms with E-state index in [2.05, 4.69) is 11.4 Å². The van der Waals surface area contributed by atoms with Crippen molar-refractivity contribution in [2.24, 2.45) is 0 Å². The van der Waals surface area contributed by atoms with Crippen molar-refractivity contribution in [3.8, 4) is 5.75 Å². The monoisotopic (exact) mass is 426 g/mol. The molecule has 1 heterocycles. The lowest BCUT2D eigenvalue weighted by Crippen LogP contribution is -2.32. The third-order valence-corrected chi connectivity index (χ3v) is 5.50. The maximum absolute atomic E-state index is 13.5. The molecule has 1 aliphatic rings. The number of carbonyl (C=O) groups is 2. The van der Waals surface area contributed by atoms with E-state index < -0.39 is 0 Å². The Morgan fingerprint density at radius 3 is 2.12 bits per heavy atom. The van der Waals surface area contributed by atoms with Crippen LogP contribution in [0.3, 0.4) is 0 Å². The van der Waals surface area contributed by atoms with Crippen LogP contribution in [0, 0.1) is 20.8 Å². The average molecular weight is 427 g/mol. The van der Waals surface area contributed by atoms with Crippen molar-refractivity contribution in [1.29, 1.82) is 0 Å². The number of para-hydroxylation sites is 1. The first-order chi connectivity index (χ1) is 15.4. The van der Waals surface area contributed by atoms with Crippen LogP contribution in [0.2, 0.25) is 0 Å². The number of carbonyl (C=O) groups excluding carboxylic acids is 2. The minimum absolute atomic E-state index is 0.203. The van der Waals surface area contributed by atoms with Gasteiger partial charge in [-0.2, -0.15) is 0 Å². The molecule has 162 valence electrons. The molecule has 0 atom stereocenters. The zero-order valence-electron chi connectivity index (χ0n) is 18.7. The van der Waals surface area contributed by atoms with Crippen molar-refractivity contribution in [2.75, 3.05) is 12.4 Å². The first kappa shape index (κ1) is 21.4. The number of rotatable bonds is 6. The highest BCUT2D eigenvalue weighted by atomic mass is 16.5. The summed E-state index contributed by atoms with van der Waals surface area (Å²) < 4.78 is 5.50. The SMILES string of the molecule is COc1ccccc1C1=C(Nc2cc(C)cc(C)c2)C(=O)N(Cc2ccc(C)cc2)C1=O. The standard InChI is InChI=1S/C27H26N2O3/c1-17-9-11-20(12-10-17)16-29-26(30)24(22-7-5-6-8-23(22)32-4)25(27(29)31)28-21-14-18(2)13-19(3)15-21/h5-15,28H,16H2,1-4H3. The second kappa shape index (κ2) is 8.71. The van der Waals surface area contributed by atoms with Gasteiger partial charge in [-0.05, 0) is 55.7 Å². The number of nitrogens with zero attached hydrogens (tertiary/aromatic N) is 1. The number of aryl methyl sites for hydroxylation is 3. The van der Waals surface area contributed by atoms with Crippen LogP contribution in [0.15, 0.2) is 72.4 Å². The fraction of sp³-hybridized carbons (Fsp3) is 0.185. The number of anilines is 1. The number of methoxy groups -OCH3 is 1. The van der Waals surface area contributed by atoms with Crippen molar-refractivity contribution < 1.29 is 14.3 Å². The normalized spacial score (nSPS) is 13.7. The first-order valence-electron chi connectivity index (χ1n) is 10.5. The van der Waals surface area contributed by atoms with Gasteiger partial charge in [0.2, 0.25) is 0 Å². The summed E-state index contributed by atoms with van der Waals surface area (Å²) in [6.45, 7) is 6.20. The third kappa shape index (κ3) is 4.14. The van der Waals surface area contributed by atoms with Gasteiger partial charge in [-0.25, -0.2) is 0 Å². The fourth-order valence-electron chi connectivity index (χ4n) is 4.00. The van der Waals surface area contributed by atoms with Gasteiger partial charge in [0.1, 0.15) is 11.4 Å². The van der Waals surface area contributed by atoms with Crippen molar-refractivity contribution >= 4 is 23.1 Å². The molecule has 1 aliphatic heterocycles. The van der Waals surface area contributed by atoms with E-state index in [0.29, 0.717) is 16.9 Å². The number of benzene rings is 3. The molecule has 0 radical (unpaired) electrons. The lowest BCUT2D eigenvalue weighted by Gasteiger charge is -2.16. The number of nitrogens with one attached hydrogen (secondary N) is 1. The largest absolute Gasteiger partial charge is 0.496 e. The van der Waals surface area contributed by atoms with Gasteiger partial charge in [-0.1, -0.05) is 54.1 Å². The number of hydrogen-bond donors (Lipinski definition) is 1. The van der Waals surface area contributed by atoms with Crippen LogP contribution in [0.25, 0.3) is 5.57 Å². The van der Waals surface area contributed by atoms with Crippen molar-refractivity contribution in [3.63, 3.8) is 0 Å². The number of imide groups is 1. The van der Waals surface area contributed by atoms with Crippen LogP contribution in [-0.4, -0.2) is 23.8 Å². The summed E-state index contributed by atoms with van der Waals surface area (Å²) >= 11 is 0. The molecule has 32 heavy (non-hydrogen) atoms. The zero-order valence-corrected chi connectivity index (χ0v) is 18.7. The van der Waals surface area contributed by atoms with Gasteiger partial charge in [-0.3, -0.25) is 14.5 Å². The summed E-state index contributed by atoms with van der Waals surface area (Å²) in [7, 11) is 1.56. The maximum Gasteiger partial charge on any atom is 0.278 e. The van der Waals surface area contributed by atoms with Crippen LogP contribution in [0.5, 0.6) is 5.75 Å². The Bertz CT molecular complexity index is 1210. The number of hydrogen-bond acceptors (Lipinski definition) is 4. The Balaban J connectivity index is 1.79. The van der Waals surface area contributed by atoms with E-state index in [-0.39, 0.29) is 24.1 Å². The predicted octanol–water partition coefficient (Wildman–Crippen LogP) is 5.01. The molecule has 0 bridgehead atoms. The van der Waals surface area contributed by atoms with Crippen LogP contribution in [-0.2, 0) is 16.1 Å². The van der Waals surface area contributed by atoms with Gasteiger partial charge in [-0.15, -0.1) is 0 Å². The molecule has 0 saturated heterocycles. The third-order valence-electron chi connectivity index (χ3n) is 5.50. The van der Waals surface area contributed by atoms with E-state index >= 15 is 0 Å². The minimum atomic E-state index is -0.351. The quantitative estimate of drug-likeness (QED) is 0.563. The molecule has 0 fully saturated rings. The lowest BCUT2D eigenvalue weighted by molar-refractivity contribution is -0.137. The van der Waals surface area contributed by atoms with Gasteiger partial charge in [0.25, 0.3) is 11.8 Å².